The van der Waals surface area contributed by atoms with E-state index in [9.17, 15) is 8.42 Å². The molecule has 0 atom stereocenters. The molecule has 2 heterocycles. The average molecular weight is 270 g/mol. The Kier molecular flexibility index (Phi) is 3.75. The lowest BCUT2D eigenvalue weighted by atomic mass is 10.4. The van der Waals surface area contributed by atoms with E-state index in [4.69, 9.17) is 5.73 Å². The third-order valence-electron chi connectivity index (χ3n) is 2.37. The van der Waals surface area contributed by atoms with E-state index in [-0.39, 0.29) is 18.0 Å². The normalized spacial score (nSPS) is 11.8. The zero-order chi connectivity index (χ0) is 13.0. The van der Waals surface area contributed by atoms with Gasteiger partial charge in [0, 0.05) is 31.4 Å². The molecule has 2 rings (SSSR count). The van der Waals surface area contributed by atoms with E-state index in [1.165, 1.54) is 18.6 Å². The minimum absolute atomic E-state index is 0.181. The first-order chi connectivity index (χ1) is 8.62. The van der Waals surface area contributed by atoms with Gasteiger partial charge >= 0.3 is 0 Å². The number of sulfonamides is 1. The van der Waals surface area contributed by atoms with Crippen LogP contribution in [0.2, 0.25) is 0 Å². The summed E-state index contributed by atoms with van der Waals surface area (Å²) in [5.74, 6) is 0.634. The zero-order valence-electron chi connectivity index (χ0n) is 9.55. The van der Waals surface area contributed by atoms with Gasteiger partial charge in [-0.15, -0.1) is 0 Å². The summed E-state index contributed by atoms with van der Waals surface area (Å²) < 4.78 is 26.2. The van der Waals surface area contributed by atoms with Crippen LogP contribution in [0.4, 0.5) is 0 Å². The van der Waals surface area contributed by atoms with Crippen molar-refractivity contribution in [2.24, 2.45) is 5.73 Å². The predicted molar refractivity (Wildman–Crippen MR) is 64.0 cm³/mol. The van der Waals surface area contributed by atoms with Crippen molar-refractivity contribution >= 4 is 10.0 Å². The number of nitrogens with zero attached hydrogens (tertiary/aromatic N) is 2. The lowest BCUT2D eigenvalue weighted by Crippen LogP contribution is -2.25. The van der Waals surface area contributed by atoms with E-state index in [0.717, 1.165) is 0 Å². The van der Waals surface area contributed by atoms with Crippen LogP contribution >= 0.6 is 0 Å². The molecule has 0 saturated carbocycles. The van der Waals surface area contributed by atoms with Gasteiger partial charge in [-0.25, -0.2) is 18.1 Å². The Hall–Kier alpha value is -1.71. The largest absolute Gasteiger partial charge is 0.363 e. The maximum atomic E-state index is 11.9. The zero-order valence-corrected chi connectivity index (χ0v) is 10.4. The van der Waals surface area contributed by atoms with Crippen molar-refractivity contribution in [3.63, 3.8) is 0 Å². The molecule has 0 spiro atoms. The molecule has 0 saturated heterocycles. The highest BCUT2D eigenvalue weighted by Crippen LogP contribution is 2.09. The van der Waals surface area contributed by atoms with Crippen molar-refractivity contribution in [2.45, 2.75) is 17.9 Å². The molecule has 18 heavy (non-hydrogen) atoms. The van der Waals surface area contributed by atoms with Gasteiger partial charge in [0.05, 0.1) is 4.90 Å². The highest BCUT2D eigenvalue weighted by atomic mass is 32.2. The molecular formula is C9H14N6O2S. The molecule has 5 N–H and O–H groups in total. The van der Waals surface area contributed by atoms with E-state index in [2.05, 4.69) is 24.9 Å². The number of H-pyrrole nitrogens is 2. The fraction of sp³-hybridized carbons (Fsp3) is 0.333. The Bertz CT molecular complexity index is 588. The van der Waals surface area contributed by atoms with Gasteiger partial charge in [0.25, 0.3) is 0 Å². The molecule has 0 unspecified atom stereocenters. The molecule has 0 bridgehead atoms. The summed E-state index contributed by atoms with van der Waals surface area (Å²) >= 11 is 0. The number of hydrogen-bond donors (Lipinski definition) is 4. The minimum Gasteiger partial charge on any atom is -0.363 e. The van der Waals surface area contributed by atoms with E-state index in [0.29, 0.717) is 17.9 Å². The average Bonchev–Trinajstić information content (AvgIpc) is 2.99. The van der Waals surface area contributed by atoms with Crippen molar-refractivity contribution in [3.8, 4) is 0 Å². The monoisotopic (exact) mass is 270 g/mol. The summed E-state index contributed by atoms with van der Waals surface area (Å²) in [7, 11) is -3.50. The first-order valence-corrected chi connectivity index (χ1v) is 6.81. The van der Waals surface area contributed by atoms with Crippen LogP contribution in [0.1, 0.15) is 11.5 Å². The molecule has 2 aromatic heterocycles. The van der Waals surface area contributed by atoms with Crippen LogP contribution in [0, 0.1) is 0 Å². The van der Waals surface area contributed by atoms with Crippen LogP contribution in [0.15, 0.2) is 23.5 Å². The second kappa shape index (κ2) is 5.29. The third kappa shape index (κ3) is 2.94. The van der Waals surface area contributed by atoms with Crippen molar-refractivity contribution in [1.82, 2.24) is 24.9 Å². The van der Waals surface area contributed by atoms with Crippen molar-refractivity contribution in [3.05, 3.63) is 30.1 Å². The van der Waals surface area contributed by atoms with Crippen LogP contribution in [0.3, 0.4) is 0 Å². The topological polar surface area (TPSA) is 130 Å². The number of rotatable bonds is 6. The lowest BCUT2D eigenvalue weighted by molar-refractivity contribution is 0.581. The van der Waals surface area contributed by atoms with E-state index in [1.807, 2.05) is 0 Å². The molecular weight excluding hydrogens is 256 g/mol. The lowest BCUT2D eigenvalue weighted by Gasteiger charge is -2.02. The molecule has 0 radical (unpaired) electrons. The summed E-state index contributed by atoms with van der Waals surface area (Å²) in [5.41, 5.74) is 6.08. The summed E-state index contributed by atoms with van der Waals surface area (Å²) in [6.07, 6.45) is 3.25. The molecule has 0 amide bonds. The number of nitrogens with two attached hydrogens (primary N) is 1. The Morgan fingerprint density at radius 2 is 2.28 bits per heavy atom. The van der Waals surface area contributed by atoms with E-state index in [1.54, 1.807) is 0 Å². The SMILES string of the molecule is NCc1cc(S(=O)(=O)NCCc2ncn[nH]2)c[nH]1. The predicted octanol–water partition coefficient (Wildman–Crippen LogP) is -0.887. The third-order valence-corrected chi connectivity index (χ3v) is 3.81. The molecule has 0 aliphatic carbocycles. The minimum atomic E-state index is -3.50. The van der Waals surface area contributed by atoms with Crippen molar-refractivity contribution in [2.75, 3.05) is 6.54 Å². The Morgan fingerprint density at radius 3 is 2.89 bits per heavy atom. The van der Waals surface area contributed by atoms with Gasteiger partial charge in [-0.1, -0.05) is 0 Å². The maximum absolute atomic E-state index is 11.9. The van der Waals surface area contributed by atoms with E-state index >= 15 is 0 Å². The summed E-state index contributed by atoms with van der Waals surface area (Å²) in [6, 6.07) is 1.51. The second-order valence-corrected chi connectivity index (χ2v) is 5.41. The maximum Gasteiger partial charge on any atom is 0.242 e. The Morgan fingerprint density at radius 1 is 1.44 bits per heavy atom. The fourth-order valence-corrected chi connectivity index (χ4v) is 2.48. The number of aromatic amines is 2. The van der Waals surface area contributed by atoms with Crippen LogP contribution in [-0.2, 0) is 23.0 Å². The molecule has 98 valence electrons. The molecule has 0 aliphatic heterocycles. The summed E-state index contributed by atoms with van der Waals surface area (Å²) in [6.45, 7) is 0.522. The number of aromatic nitrogens is 4. The molecule has 2 aromatic rings. The quantitative estimate of drug-likeness (QED) is 0.541. The van der Waals surface area contributed by atoms with Crippen LogP contribution < -0.4 is 10.5 Å². The van der Waals surface area contributed by atoms with Gasteiger partial charge in [-0.2, -0.15) is 5.10 Å². The number of hydrogen-bond acceptors (Lipinski definition) is 5. The van der Waals surface area contributed by atoms with Crippen LogP contribution in [0.25, 0.3) is 0 Å². The standard InChI is InChI=1S/C9H14N6O2S/c10-4-7-3-8(5-11-7)18(16,17)14-2-1-9-12-6-13-15-9/h3,5-6,11,14H,1-2,4,10H2,(H,12,13,15). The van der Waals surface area contributed by atoms with Crippen LogP contribution in [0.5, 0.6) is 0 Å². The van der Waals surface area contributed by atoms with Gasteiger partial charge in [-0.3, -0.25) is 5.10 Å². The molecule has 0 aromatic carbocycles. The van der Waals surface area contributed by atoms with Gasteiger partial charge in [0.15, 0.2) is 0 Å². The summed E-state index contributed by atoms with van der Waals surface area (Å²) in [5, 5.41) is 6.34. The first-order valence-electron chi connectivity index (χ1n) is 5.33. The molecule has 9 heteroatoms. The molecule has 0 fully saturated rings. The van der Waals surface area contributed by atoms with Crippen LogP contribution in [-0.4, -0.2) is 35.1 Å². The first kappa shape index (κ1) is 12.7. The smallest absolute Gasteiger partial charge is 0.242 e. The molecule has 0 aliphatic rings. The Labute approximate surface area is 104 Å². The van der Waals surface area contributed by atoms with Crippen molar-refractivity contribution < 1.29 is 8.42 Å². The van der Waals surface area contributed by atoms with Crippen molar-refractivity contribution in [1.29, 1.82) is 0 Å². The van der Waals surface area contributed by atoms with Gasteiger partial charge < -0.3 is 10.7 Å². The van der Waals surface area contributed by atoms with Gasteiger partial charge in [0.2, 0.25) is 10.0 Å². The van der Waals surface area contributed by atoms with Gasteiger partial charge in [-0.05, 0) is 6.07 Å². The van der Waals surface area contributed by atoms with Gasteiger partial charge in [0.1, 0.15) is 12.2 Å². The second-order valence-electron chi connectivity index (χ2n) is 3.64. The highest BCUT2D eigenvalue weighted by molar-refractivity contribution is 7.89. The molecule has 8 nitrogen and oxygen atoms in total. The summed E-state index contributed by atoms with van der Waals surface area (Å²) in [4.78, 5) is 6.88. The fourth-order valence-electron chi connectivity index (χ4n) is 1.43. The highest BCUT2D eigenvalue weighted by Gasteiger charge is 2.15. The number of nitrogens with one attached hydrogen (secondary N) is 3. The van der Waals surface area contributed by atoms with E-state index < -0.39 is 10.0 Å². The Balaban J connectivity index is 1.95.